The van der Waals surface area contributed by atoms with E-state index in [1.54, 1.807) is 7.05 Å². The first-order valence-corrected chi connectivity index (χ1v) is 8.66. The smallest absolute Gasteiger partial charge is 0.234 e. The molecule has 2 amide bonds. The number of aromatic amines is 1. The van der Waals surface area contributed by atoms with E-state index in [9.17, 15) is 9.59 Å². The highest BCUT2D eigenvalue weighted by molar-refractivity contribution is 9.10. The van der Waals surface area contributed by atoms with Crippen molar-refractivity contribution in [1.82, 2.24) is 20.0 Å². The van der Waals surface area contributed by atoms with E-state index in [4.69, 9.17) is 0 Å². The molecule has 1 aromatic heterocycles. The van der Waals surface area contributed by atoms with E-state index in [-0.39, 0.29) is 23.7 Å². The summed E-state index contributed by atoms with van der Waals surface area (Å²) in [5.74, 6) is -0.480. The van der Waals surface area contributed by atoms with Crippen molar-refractivity contribution in [3.63, 3.8) is 0 Å². The predicted molar refractivity (Wildman–Crippen MR) is 91.8 cm³/mol. The quantitative estimate of drug-likeness (QED) is 0.815. The molecule has 1 aromatic carbocycles. The fraction of sp³-hybridized carbons (Fsp3) is 0.353. The summed E-state index contributed by atoms with van der Waals surface area (Å²) >= 11 is 3.49. The van der Waals surface area contributed by atoms with Crippen LogP contribution in [0.1, 0.15) is 5.56 Å². The molecule has 2 saturated heterocycles. The first-order chi connectivity index (χ1) is 11.5. The average molecular weight is 389 g/mol. The Labute approximate surface area is 148 Å². The lowest BCUT2D eigenvalue weighted by atomic mass is 10.00. The van der Waals surface area contributed by atoms with Gasteiger partial charge in [0.1, 0.15) is 0 Å². The van der Waals surface area contributed by atoms with Gasteiger partial charge in [0, 0.05) is 42.3 Å². The maximum Gasteiger partial charge on any atom is 0.234 e. The van der Waals surface area contributed by atoms with E-state index < -0.39 is 0 Å². The number of nitrogens with one attached hydrogen (secondary N) is 1. The minimum absolute atomic E-state index is 0.0492. The monoisotopic (exact) mass is 388 g/mol. The van der Waals surface area contributed by atoms with E-state index in [0.717, 1.165) is 21.3 Å². The van der Waals surface area contributed by atoms with Gasteiger partial charge in [0.05, 0.1) is 23.7 Å². The Hall–Kier alpha value is -1.99. The molecule has 6 nitrogen and oxygen atoms in total. The molecular formula is C17H17BrN4O2. The maximum absolute atomic E-state index is 12.1. The number of H-pyrrole nitrogens is 1. The second kappa shape index (κ2) is 5.82. The third kappa shape index (κ3) is 2.48. The molecule has 2 fully saturated rings. The number of amides is 2. The van der Waals surface area contributed by atoms with Crippen LogP contribution in [0.4, 0.5) is 0 Å². The van der Waals surface area contributed by atoms with Crippen molar-refractivity contribution < 1.29 is 9.59 Å². The SMILES string of the molecule is CN1C(=O)[C@H]2CN(Cc3cn[nH]c3-c3cccc(Br)c3)C[C@H]2C1=O. The number of carbonyl (C=O) groups is 2. The van der Waals surface area contributed by atoms with Crippen LogP contribution in [0.5, 0.6) is 0 Å². The average Bonchev–Trinajstić information content (AvgIpc) is 3.24. The molecule has 4 rings (SSSR count). The zero-order chi connectivity index (χ0) is 16.8. The summed E-state index contributed by atoms with van der Waals surface area (Å²) in [6.07, 6.45) is 1.82. The molecule has 0 unspecified atom stereocenters. The van der Waals surface area contributed by atoms with Gasteiger partial charge in [0.15, 0.2) is 0 Å². The fourth-order valence-corrected chi connectivity index (χ4v) is 4.09. The summed E-state index contributed by atoms with van der Waals surface area (Å²) in [5, 5.41) is 7.23. The van der Waals surface area contributed by atoms with Gasteiger partial charge in [-0.15, -0.1) is 0 Å². The number of hydrogen-bond acceptors (Lipinski definition) is 4. The second-order valence-electron chi connectivity index (χ2n) is 6.42. The van der Waals surface area contributed by atoms with Crippen molar-refractivity contribution in [2.75, 3.05) is 20.1 Å². The second-order valence-corrected chi connectivity index (χ2v) is 7.34. The van der Waals surface area contributed by atoms with Crippen LogP contribution in [0.25, 0.3) is 11.3 Å². The normalized spacial score (nSPS) is 24.0. The molecule has 24 heavy (non-hydrogen) atoms. The highest BCUT2D eigenvalue weighted by Crippen LogP contribution is 2.34. The lowest BCUT2D eigenvalue weighted by Crippen LogP contribution is -2.32. The lowest BCUT2D eigenvalue weighted by Gasteiger charge is -2.18. The van der Waals surface area contributed by atoms with Gasteiger partial charge >= 0.3 is 0 Å². The Morgan fingerprint density at radius 2 is 1.96 bits per heavy atom. The molecule has 0 radical (unpaired) electrons. The number of benzene rings is 1. The van der Waals surface area contributed by atoms with Gasteiger partial charge in [0.2, 0.25) is 11.8 Å². The first kappa shape index (κ1) is 15.5. The predicted octanol–water partition coefficient (Wildman–Crippen LogP) is 1.89. The lowest BCUT2D eigenvalue weighted by molar-refractivity contribution is -0.138. The molecule has 0 aliphatic carbocycles. The zero-order valence-corrected chi connectivity index (χ0v) is 14.8. The van der Waals surface area contributed by atoms with Gasteiger partial charge < -0.3 is 0 Å². The van der Waals surface area contributed by atoms with Gasteiger partial charge in [-0.2, -0.15) is 5.10 Å². The molecule has 1 N–H and O–H groups in total. The fourth-order valence-electron chi connectivity index (χ4n) is 3.69. The van der Waals surface area contributed by atoms with E-state index in [0.29, 0.717) is 19.6 Å². The highest BCUT2D eigenvalue weighted by Gasteiger charge is 2.50. The topological polar surface area (TPSA) is 69.3 Å². The number of rotatable bonds is 3. The number of hydrogen-bond donors (Lipinski definition) is 1. The van der Waals surface area contributed by atoms with Gasteiger partial charge in [-0.3, -0.25) is 24.5 Å². The molecule has 7 heteroatoms. The molecule has 2 atom stereocenters. The van der Waals surface area contributed by atoms with Crippen molar-refractivity contribution in [2.24, 2.45) is 11.8 Å². The number of carbonyl (C=O) groups excluding carboxylic acids is 2. The van der Waals surface area contributed by atoms with Crippen LogP contribution in [0.15, 0.2) is 34.9 Å². The summed E-state index contributed by atoms with van der Waals surface area (Å²) in [4.78, 5) is 27.7. The van der Waals surface area contributed by atoms with Crippen molar-refractivity contribution >= 4 is 27.7 Å². The molecule has 0 bridgehead atoms. The van der Waals surface area contributed by atoms with Gasteiger partial charge in [-0.25, -0.2) is 0 Å². The van der Waals surface area contributed by atoms with Crippen molar-refractivity contribution in [3.8, 4) is 11.3 Å². The zero-order valence-electron chi connectivity index (χ0n) is 13.2. The number of likely N-dealkylation sites (tertiary alicyclic amines) is 2. The maximum atomic E-state index is 12.1. The number of nitrogens with zero attached hydrogens (tertiary/aromatic N) is 3. The van der Waals surface area contributed by atoms with Crippen molar-refractivity contribution in [3.05, 3.63) is 40.5 Å². The minimum atomic E-state index is -0.191. The molecule has 2 aliphatic heterocycles. The Balaban J connectivity index is 1.53. The van der Waals surface area contributed by atoms with Crippen LogP contribution >= 0.6 is 15.9 Å². The van der Waals surface area contributed by atoms with Gasteiger partial charge in [-0.05, 0) is 12.1 Å². The Morgan fingerprint density at radius 3 is 2.62 bits per heavy atom. The molecule has 124 valence electrons. The van der Waals surface area contributed by atoms with Crippen molar-refractivity contribution in [2.45, 2.75) is 6.54 Å². The standard InChI is InChI=1S/C17H17BrN4O2/c1-21-16(23)13-8-22(9-14(13)17(21)24)7-11-6-19-20-15(11)10-3-2-4-12(18)5-10/h2-6,13-14H,7-9H2,1H3,(H,19,20)/t13-,14+. The Morgan fingerprint density at radius 1 is 1.25 bits per heavy atom. The Bertz CT molecular complexity index is 794. The largest absolute Gasteiger partial charge is 0.297 e. The van der Waals surface area contributed by atoms with Crippen LogP contribution in [-0.4, -0.2) is 51.9 Å². The third-order valence-corrected chi connectivity index (χ3v) is 5.41. The number of aromatic nitrogens is 2. The molecular weight excluding hydrogens is 372 g/mol. The third-order valence-electron chi connectivity index (χ3n) is 4.92. The van der Waals surface area contributed by atoms with Crippen LogP contribution in [-0.2, 0) is 16.1 Å². The summed E-state index contributed by atoms with van der Waals surface area (Å²) in [6.45, 7) is 1.93. The van der Waals surface area contributed by atoms with Crippen molar-refractivity contribution in [1.29, 1.82) is 0 Å². The van der Waals surface area contributed by atoms with E-state index >= 15 is 0 Å². The van der Waals surface area contributed by atoms with Crippen LogP contribution in [0, 0.1) is 11.8 Å². The van der Waals surface area contributed by atoms with E-state index in [1.807, 2.05) is 30.5 Å². The molecule has 2 aliphatic rings. The minimum Gasteiger partial charge on any atom is -0.297 e. The number of fused-ring (bicyclic) bond motifs is 1. The van der Waals surface area contributed by atoms with Crippen LogP contribution in [0.3, 0.4) is 0 Å². The summed E-state index contributed by atoms with van der Waals surface area (Å²) < 4.78 is 1.01. The summed E-state index contributed by atoms with van der Waals surface area (Å²) in [5.41, 5.74) is 3.10. The van der Waals surface area contributed by atoms with Crippen LogP contribution in [0.2, 0.25) is 0 Å². The number of imide groups is 1. The molecule has 0 spiro atoms. The number of halogens is 1. The van der Waals surface area contributed by atoms with Gasteiger partial charge in [-0.1, -0.05) is 28.1 Å². The van der Waals surface area contributed by atoms with E-state index in [2.05, 4.69) is 31.0 Å². The van der Waals surface area contributed by atoms with Crippen LogP contribution < -0.4 is 0 Å². The molecule has 0 saturated carbocycles. The van der Waals surface area contributed by atoms with Gasteiger partial charge in [0.25, 0.3) is 0 Å². The summed E-state index contributed by atoms with van der Waals surface area (Å²) in [7, 11) is 1.58. The first-order valence-electron chi connectivity index (χ1n) is 7.86. The molecule has 3 heterocycles. The molecule has 2 aromatic rings. The summed E-state index contributed by atoms with van der Waals surface area (Å²) in [6, 6.07) is 8.03. The Kier molecular flexibility index (Phi) is 3.77. The van der Waals surface area contributed by atoms with E-state index in [1.165, 1.54) is 4.90 Å². The highest BCUT2D eigenvalue weighted by atomic mass is 79.9.